The monoisotopic (exact) mass is 298 g/mol. The van der Waals surface area contributed by atoms with Crippen LogP contribution in [0.4, 0.5) is 0 Å². The van der Waals surface area contributed by atoms with E-state index in [0.29, 0.717) is 6.04 Å². The lowest BCUT2D eigenvalue weighted by molar-refractivity contribution is 0.241. The molecule has 0 N–H and O–H groups in total. The van der Waals surface area contributed by atoms with Crippen LogP contribution in [0.15, 0.2) is 42.7 Å². The Labute approximate surface area is 131 Å². The molecule has 0 spiro atoms. The lowest BCUT2D eigenvalue weighted by Crippen LogP contribution is -2.25. The van der Waals surface area contributed by atoms with Crippen LogP contribution in [0.1, 0.15) is 24.0 Å². The molecule has 4 heteroatoms. The van der Waals surface area contributed by atoms with Gasteiger partial charge in [0.05, 0.1) is 14.2 Å². The zero-order valence-electron chi connectivity index (χ0n) is 13.2. The van der Waals surface area contributed by atoms with E-state index in [1.165, 1.54) is 24.0 Å². The summed E-state index contributed by atoms with van der Waals surface area (Å²) >= 11 is 0. The van der Waals surface area contributed by atoms with E-state index >= 15 is 0 Å². The SMILES string of the molecule is COc1ccc(OC)c(CN(Cc2ccncc2)C2CC2)c1. The molecule has 0 atom stereocenters. The summed E-state index contributed by atoms with van der Waals surface area (Å²) in [4.78, 5) is 6.60. The zero-order valence-corrected chi connectivity index (χ0v) is 13.2. The van der Waals surface area contributed by atoms with Gasteiger partial charge in [0, 0.05) is 37.1 Å². The number of pyridine rings is 1. The van der Waals surface area contributed by atoms with Crippen LogP contribution in [0.3, 0.4) is 0 Å². The normalized spacial score (nSPS) is 14.1. The maximum absolute atomic E-state index is 5.50. The summed E-state index contributed by atoms with van der Waals surface area (Å²) in [7, 11) is 3.41. The fourth-order valence-electron chi connectivity index (χ4n) is 2.70. The van der Waals surface area contributed by atoms with Gasteiger partial charge in [-0.3, -0.25) is 9.88 Å². The number of ether oxygens (including phenoxy) is 2. The highest BCUT2D eigenvalue weighted by Gasteiger charge is 2.29. The summed E-state index contributed by atoms with van der Waals surface area (Å²) in [6, 6.07) is 10.8. The van der Waals surface area contributed by atoms with Crippen LogP contribution in [0.2, 0.25) is 0 Å². The molecule has 0 unspecified atom stereocenters. The number of methoxy groups -OCH3 is 2. The fourth-order valence-corrected chi connectivity index (χ4v) is 2.70. The molecule has 22 heavy (non-hydrogen) atoms. The first kappa shape index (κ1) is 14.9. The van der Waals surface area contributed by atoms with Gasteiger partial charge in [-0.1, -0.05) is 0 Å². The second-order valence-corrected chi connectivity index (χ2v) is 5.67. The molecule has 1 fully saturated rings. The molecule has 0 bridgehead atoms. The number of nitrogens with zero attached hydrogens (tertiary/aromatic N) is 2. The molecule has 3 rings (SSSR count). The van der Waals surface area contributed by atoms with Crippen molar-refractivity contribution in [2.24, 2.45) is 0 Å². The van der Waals surface area contributed by atoms with Gasteiger partial charge in [-0.25, -0.2) is 0 Å². The van der Waals surface area contributed by atoms with Crippen LogP contribution in [0.5, 0.6) is 11.5 Å². The molecular formula is C18H22N2O2. The van der Waals surface area contributed by atoms with Crippen LogP contribution >= 0.6 is 0 Å². The first-order valence-corrected chi connectivity index (χ1v) is 7.64. The van der Waals surface area contributed by atoms with Crippen molar-refractivity contribution in [3.63, 3.8) is 0 Å². The van der Waals surface area contributed by atoms with Gasteiger partial charge < -0.3 is 9.47 Å². The minimum Gasteiger partial charge on any atom is -0.497 e. The highest BCUT2D eigenvalue weighted by atomic mass is 16.5. The summed E-state index contributed by atoms with van der Waals surface area (Å²) in [6.45, 7) is 1.81. The second-order valence-electron chi connectivity index (χ2n) is 5.67. The predicted molar refractivity (Wildman–Crippen MR) is 86.1 cm³/mol. The summed E-state index contributed by atoms with van der Waals surface area (Å²) in [5, 5.41) is 0. The van der Waals surface area contributed by atoms with E-state index in [0.717, 1.165) is 24.6 Å². The van der Waals surface area contributed by atoms with Crippen molar-refractivity contribution in [1.82, 2.24) is 9.88 Å². The molecule has 2 aromatic rings. The molecule has 116 valence electrons. The van der Waals surface area contributed by atoms with E-state index in [1.807, 2.05) is 24.5 Å². The summed E-state index contributed by atoms with van der Waals surface area (Å²) in [5.74, 6) is 1.79. The lowest BCUT2D eigenvalue weighted by Gasteiger charge is -2.23. The van der Waals surface area contributed by atoms with Crippen LogP contribution in [-0.2, 0) is 13.1 Å². The van der Waals surface area contributed by atoms with Crippen LogP contribution in [-0.4, -0.2) is 30.1 Å². The third kappa shape index (κ3) is 3.57. The number of hydrogen-bond acceptors (Lipinski definition) is 4. The topological polar surface area (TPSA) is 34.6 Å². The minimum atomic E-state index is 0.670. The van der Waals surface area contributed by atoms with Crippen molar-refractivity contribution < 1.29 is 9.47 Å². The largest absolute Gasteiger partial charge is 0.497 e. The Bertz CT molecular complexity index is 612. The second kappa shape index (κ2) is 6.79. The number of hydrogen-bond donors (Lipinski definition) is 0. The fraction of sp³-hybridized carbons (Fsp3) is 0.389. The van der Waals surface area contributed by atoms with E-state index in [4.69, 9.17) is 9.47 Å². The van der Waals surface area contributed by atoms with Gasteiger partial charge in [0.2, 0.25) is 0 Å². The third-order valence-electron chi connectivity index (χ3n) is 4.06. The van der Waals surface area contributed by atoms with Crippen LogP contribution in [0, 0.1) is 0 Å². The highest BCUT2D eigenvalue weighted by molar-refractivity contribution is 5.40. The average Bonchev–Trinajstić information content (AvgIpc) is 3.40. The van der Waals surface area contributed by atoms with Crippen molar-refractivity contribution in [3.05, 3.63) is 53.9 Å². The smallest absolute Gasteiger partial charge is 0.123 e. The van der Waals surface area contributed by atoms with E-state index < -0.39 is 0 Å². The van der Waals surface area contributed by atoms with Gasteiger partial charge >= 0.3 is 0 Å². The molecule has 0 radical (unpaired) electrons. The summed E-state index contributed by atoms with van der Waals surface area (Å²) in [6.07, 6.45) is 6.26. The van der Waals surface area contributed by atoms with Crippen molar-refractivity contribution in [3.8, 4) is 11.5 Å². The molecule has 1 aromatic heterocycles. The molecule has 0 aliphatic heterocycles. The Hall–Kier alpha value is -2.07. The molecule has 1 aromatic carbocycles. The molecule has 1 aliphatic rings. The number of rotatable bonds is 7. The third-order valence-corrected chi connectivity index (χ3v) is 4.06. The zero-order chi connectivity index (χ0) is 15.4. The standard InChI is InChI=1S/C18H22N2O2/c1-21-17-5-6-18(22-2)15(11-17)13-20(16-3-4-16)12-14-7-9-19-10-8-14/h5-11,16H,3-4,12-13H2,1-2H3. The lowest BCUT2D eigenvalue weighted by atomic mass is 10.1. The minimum absolute atomic E-state index is 0.670. The average molecular weight is 298 g/mol. The van der Waals surface area contributed by atoms with Crippen molar-refractivity contribution >= 4 is 0 Å². The van der Waals surface area contributed by atoms with Crippen LogP contribution < -0.4 is 9.47 Å². The quantitative estimate of drug-likeness (QED) is 0.786. The Kier molecular flexibility index (Phi) is 4.59. The van der Waals surface area contributed by atoms with Gasteiger partial charge in [-0.05, 0) is 48.7 Å². The Morgan fingerprint density at radius 3 is 2.45 bits per heavy atom. The van der Waals surface area contributed by atoms with Gasteiger partial charge in [0.1, 0.15) is 11.5 Å². The number of benzene rings is 1. The highest BCUT2D eigenvalue weighted by Crippen LogP contribution is 2.32. The van der Waals surface area contributed by atoms with Crippen molar-refractivity contribution in [2.45, 2.75) is 32.0 Å². The summed E-state index contributed by atoms with van der Waals surface area (Å²) in [5.41, 5.74) is 2.46. The molecule has 1 saturated carbocycles. The molecule has 1 heterocycles. The Balaban J connectivity index is 1.79. The van der Waals surface area contributed by atoms with Gasteiger partial charge in [-0.15, -0.1) is 0 Å². The maximum Gasteiger partial charge on any atom is 0.123 e. The van der Waals surface area contributed by atoms with Gasteiger partial charge in [0.15, 0.2) is 0 Å². The number of aromatic nitrogens is 1. The molecule has 4 nitrogen and oxygen atoms in total. The first-order chi connectivity index (χ1) is 10.8. The Morgan fingerprint density at radius 1 is 1.05 bits per heavy atom. The van der Waals surface area contributed by atoms with Crippen molar-refractivity contribution in [2.75, 3.05) is 14.2 Å². The molecule has 0 saturated heterocycles. The van der Waals surface area contributed by atoms with E-state index in [2.05, 4.69) is 28.1 Å². The van der Waals surface area contributed by atoms with Crippen molar-refractivity contribution in [1.29, 1.82) is 0 Å². The predicted octanol–water partition coefficient (Wildman–Crippen LogP) is 3.26. The molecular weight excluding hydrogens is 276 g/mol. The van der Waals surface area contributed by atoms with E-state index in [1.54, 1.807) is 14.2 Å². The Morgan fingerprint density at radius 2 is 1.82 bits per heavy atom. The molecule has 1 aliphatic carbocycles. The van der Waals surface area contributed by atoms with E-state index in [9.17, 15) is 0 Å². The molecule has 0 amide bonds. The maximum atomic E-state index is 5.50. The summed E-state index contributed by atoms with van der Waals surface area (Å²) < 4.78 is 10.9. The van der Waals surface area contributed by atoms with Gasteiger partial charge in [0.25, 0.3) is 0 Å². The van der Waals surface area contributed by atoms with Crippen LogP contribution in [0.25, 0.3) is 0 Å². The van der Waals surface area contributed by atoms with E-state index in [-0.39, 0.29) is 0 Å². The first-order valence-electron chi connectivity index (χ1n) is 7.64. The van der Waals surface area contributed by atoms with Gasteiger partial charge in [-0.2, -0.15) is 0 Å².